The van der Waals surface area contributed by atoms with Crippen LogP contribution in [0.3, 0.4) is 0 Å². The SMILES string of the molecule is C/C=C\[C@H](C)[C@H]1O[C@]1(C)[C@@H](O[Si](C)(C)C(C)(C)C)[C@@H](COC(C)=O)C(=O)[C@@H]1COC(O)(CC)C[C@H]1O.C/C=C\[C@H](C)[C@H]1O[C@]1(C)[C@@H](O[Si](C)(C)C(C)(C)C)[C@@H](COC(C)=O)C(=O)[C@H](CO)[C@H](O)CC(=O)CC. The van der Waals surface area contributed by atoms with Crippen molar-refractivity contribution in [2.24, 2.45) is 35.5 Å². The van der Waals surface area contributed by atoms with Crippen molar-refractivity contribution in [3.05, 3.63) is 24.3 Å². The van der Waals surface area contributed by atoms with E-state index in [4.69, 9.17) is 32.5 Å². The second-order valence-corrected chi connectivity index (χ2v) is 33.4. The summed E-state index contributed by atoms with van der Waals surface area (Å²) in [7, 11) is -4.86. The number of Topliss-reactive ketones (excluding diaryl/α,β-unsaturated/α-hetero) is 3. The van der Waals surface area contributed by atoms with Gasteiger partial charge in [0.15, 0.2) is 22.4 Å². The van der Waals surface area contributed by atoms with E-state index >= 15 is 0 Å². The largest absolute Gasteiger partial charge is 0.465 e. The summed E-state index contributed by atoms with van der Waals surface area (Å²) >= 11 is 0. The fourth-order valence-corrected chi connectivity index (χ4v) is 11.9. The van der Waals surface area contributed by atoms with E-state index in [2.05, 4.69) is 80.7 Å². The van der Waals surface area contributed by atoms with Gasteiger partial charge in [0.1, 0.15) is 41.8 Å². The Morgan fingerprint density at radius 2 is 1.17 bits per heavy atom. The second-order valence-electron chi connectivity index (χ2n) is 23.9. The molecule has 15 atom stereocenters. The number of rotatable bonds is 26. The molecule has 0 bridgehead atoms. The van der Waals surface area contributed by atoms with E-state index in [1.165, 1.54) is 13.8 Å². The lowest BCUT2D eigenvalue weighted by molar-refractivity contribution is -0.258. The van der Waals surface area contributed by atoms with E-state index in [1.54, 1.807) is 13.8 Å². The minimum absolute atomic E-state index is 0.0522. The van der Waals surface area contributed by atoms with Crippen molar-refractivity contribution in [1.82, 2.24) is 0 Å². The molecule has 416 valence electrons. The maximum Gasteiger partial charge on any atom is 0.302 e. The molecule has 0 radical (unpaired) electrons. The summed E-state index contributed by atoms with van der Waals surface area (Å²) in [5.41, 5.74) is -1.63. The molecule has 0 amide bonds. The van der Waals surface area contributed by atoms with Gasteiger partial charge in [-0.25, -0.2) is 0 Å². The minimum atomic E-state index is -2.46. The predicted octanol–water partition coefficient (Wildman–Crippen LogP) is 7.82. The van der Waals surface area contributed by atoms with Gasteiger partial charge < -0.3 is 53.0 Å². The first-order valence-corrected chi connectivity index (χ1v) is 31.9. The number of aliphatic hydroxyl groups is 4. The molecule has 1 unspecified atom stereocenters. The van der Waals surface area contributed by atoms with Crippen LogP contribution >= 0.6 is 0 Å². The van der Waals surface area contributed by atoms with Gasteiger partial charge in [0, 0.05) is 44.9 Å². The molecule has 16 nitrogen and oxygen atoms in total. The highest BCUT2D eigenvalue weighted by molar-refractivity contribution is 6.74. The Morgan fingerprint density at radius 1 is 0.750 bits per heavy atom. The smallest absolute Gasteiger partial charge is 0.302 e. The number of ether oxygens (including phenoxy) is 5. The molecule has 72 heavy (non-hydrogen) atoms. The Kier molecular flexibility index (Phi) is 23.7. The van der Waals surface area contributed by atoms with E-state index in [0.717, 1.165) is 0 Å². The number of esters is 2. The number of aliphatic hydroxyl groups excluding tert-OH is 3. The van der Waals surface area contributed by atoms with Gasteiger partial charge in [0.2, 0.25) is 0 Å². The van der Waals surface area contributed by atoms with Crippen LogP contribution in [-0.2, 0) is 56.5 Å². The average Bonchev–Trinajstić information content (AvgIpc) is 4.16. The molecule has 4 N–H and O–H groups in total. The fourth-order valence-electron chi connectivity index (χ4n) is 9.12. The Labute approximate surface area is 433 Å². The molecule has 3 heterocycles. The van der Waals surface area contributed by atoms with Gasteiger partial charge >= 0.3 is 11.9 Å². The normalized spacial score (nSPS) is 29.2. The van der Waals surface area contributed by atoms with Gasteiger partial charge in [0.05, 0.1) is 73.5 Å². The molecule has 0 saturated carbocycles. The highest BCUT2D eigenvalue weighted by atomic mass is 28.4. The Bertz CT molecular complexity index is 1890. The number of allylic oxidation sites excluding steroid dienone is 2. The summed E-state index contributed by atoms with van der Waals surface area (Å²) in [6, 6.07) is 0. The molecule has 0 aliphatic carbocycles. The number of ketones is 3. The van der Waals surface area contributed by atoms with Crippen LogP contribution in [0.4, 0.5) is 0 Å². The number of hydrogen-bond acceptors (Lipinski definition) is 16. The lowest BCUT2D eigenvalue weighted by Gasteiger charge is -2.44. The highest BCUT2D eigenvalue weighted by Gasteiger charge is 2.66. The first kappa shape index (κ1) is 65.6. The van der Waals surface area contributed by atoms with Gasteiger partial charge in [-0.2, -0.15) is 0 Å². The zero-order chi connectivity index (χ0) is 55.7. The van der Waals surface area contributed by atoms with Crippen LogP contribution in [0.15, 0.2) is 24.3 Å². The van der Waals surface area contributed by atoms with Crippen LogP contribution in [0.1, 0.15) is 136 Å². The summed E-state index contributed by atoms with van der Waals surface area (Å²) in [4.78, 5) is 63.5. The van der Waals surface area contributed by atoms with Crippen molar-refractivity contribution in [2.75, 3.05) is 26.4 Å². The third-order valence-electron chi connectivity index (χ3n) is 16.0. The molecule has 0 aromatic carbocycles. The summed E-state index contributed by atoms with van der Waals surface area (Å²) in [5, 5.41) is 41.8. The molecule has 0 aromatic rings. The van der Waals surface area contributed by atoms with E-state index < -0.39 is 106 Å². The molecule has 3 aliphatic rings. The Morgan fingerprint density at radius 3 is 1.51 bits per heavy atom. The monoisotopic (exact) mass is 1060 g/mol. The van der Waals surface area contributed by atoms with Gasteiger partial charge in [-0.05, 0) is 70.4 Å². The van der Waals surface area contributed by atoms with Crippen molar-refractivity contribution in [3.8, 4) is 0 Å². The molecular formula is C54H96O16Si2. The van der Waals surface area contributed by atoms with Crippen molar-refractivity contribution in [1.29, 1.82) is 0 Å². The summed E-state index contributed by atoms with van der Waals surface area (Å²) < 4.78 is 42.5. The van der Waals surface area contributed by atoms with E-state index in [9.17, 15) is 44.4 Å². The Balaban J connectivity index is 0.000000493. The van der Waals surface area contributed by atoms with Crippen molar-refractivity contribution < 1.29 is 76.9 Å². The maximum atomic E-state index is 14.0. The maximum absolute atomic E-state index is 14.0. The fraction of sp³-hybridized carbons (Fsp3) is 0.833. The molecular weight excluding hydrogens is 961 g/mol. The minimum Gasteiger partial charge on any atom is -0.465 e. The van der Waals surface area contributed by atoms with Gasteiger partial charge in [-0.1, -0.05) is 93.5 Å². The van der Waals surface area contributed by atoms with Gasteiger partial charge in [0.25, 0.3) is 0 Å². The van der Waals surface area contributed by atoms with Crippen LogP contribution in [0.2, 0.25) is 36.3 Å². The molecule has 3 saturated heterocycles. The van der Waals surface area contributed by atoms with Crippen molar-refractivity contribution in [2.45, 2.75) is 226 Å². The first-order chi connectivity index (χ1) is 32.9. The molecule has 0 aromatic heterocycles. The summed E-state index contributed by atoms with van der Waals surface area (Å²) in [6.45, 7) is 37.6. The van der Waals surface area contributed by atoms with Gasteiger partial charge in [-0.15, -0.1) is 0 Å². The quantitative estimate of drug-likeness (QED) is 0.0280. The zero-order valence-electron chi connectivity index (χ0n) is 47.6. The lowest BCUT2D eigenvalue weighted by Crippen LogP contribution is -2.57. The van der Waals surface area contributed by atoms with Crippen LogP contribution in [0.25, 0.3) is 0 Å². The first-order valence-electron chi connectivity index (χ1n) is 26.0. The van der Waals surface area contributed by atoms with Crippen LogP contribution in [-0.4, -0.2) is 146 Å². The van der Waals surface area contributed by atoms with Crippen molar-refractivity contribution >= 4 is 45.9 Å². The third kappa shape index (κ3) is 16.8. The number of carbonyl (C=O) groups is 5. The van der Waals surface area contributed by atoms with Gasteiger partial charge in [-0.3, -0.25) is 24.0 Å². The molecule has 3 fully saturated rings. The van der Waals surface area contributed by atoms with E-state index in [1.807, 2.05) is 52.8 Å². The van der Waals surface area contributed by atoms with Crippen LogP contribution < -0.4 is 0 Å². The Hall–Kier alpha value is -2.50. The predicted molar refractivity (Wildman–Crippen MR) is 281 cm³/mol. The van der Waals surface area contributed by atoms with E-state index in [-0.39, 0.29) is 84.8 Å². The summed E-state index contributed by atoms with van der Waals surface area (Å²) in [6.07, 6.45) is 3.90. The molecule has 3 aliphatic heterocycles. The average molecular weight is 1060 g/mol. The standard InChI is InChI=1S/2C27H48O8Si/c1-11-13-17(3)23-26(8,34-23)24(35-36(9,10)25(5,6)7)20(15-32-18(4)28)22(30)19-16-33-27(31,12-2)14-21(19)29;1-11-13-17(3)24-27(8,34-24)25(35-36(9,10)26(5,6)7)21(16-33-18(4)29)23(32)20(15-28)22(31)14-19(30)12-2/h11,13,17,19-21,23-24,29,31H,12,14-16H2,1-10H3;11,13,17,20-22,24-25,28,31H,12,14-16H2,1-10H3/b2*13-11-/t17-,19+,20-,21+,23+,24-,26-,27?;17-,20+,21-,22+,24+,25-,27-/m00/s1. The van der Waals surface area contributed by atoms with E-state index in [0.29, 0.717) is 6.42 Å². The molecule has 3 rings (SSSR count). The molecule has 18 heteroatoms. The topological polar surface area (TPSA) is 237 Å². The lowest BCUT2D eigenvalue weighted by atomic mass is 9.78. The third-order valence-corrected chi connectivity index (χ3v) is 24.9. The highest BCUT2D eigenvalue weighted by Crippen LogP contribution is 2.53. The number of carbonyl (C=O) groups excluding carboxylic acids is 5. The van der Waals surface area contributed by atoms with Crippen molar-refractivity contribution in [3.63, 3.8) is 0 Å². The molecule has 0 spiro atoms. The number of epoxide rings is 2. The number of hydrogen-bond donors (Lipinski definition) is 4. The van der Waals surface area contributed by atoms with Crippen LogP contribution in [0.5, 0.6) is 0 Å². The van der Waals surface area contributed by atoms with Crippen LogP contribution in [0, 0.1) is 35.5 Å². The second kappa shape index (κ2) is 26.0. The zero-order valence-corrected chi connectivity index (χ0v) is 49.6. The summed E-state index contributed by atoms with van der Waals surface area (Å²) in [5.74, 6) is -7.36.